The zero-order chi connectivity index (χ0) is 21.3. The molecule has 1 N–H and O–H groups in total. The van der Waals surface area contributed by atoms with Crippen molar-refractivity contribution in [3.63, 3.8) is 0 Å². The predicted molar refractivity (Wildman–Crippen MR) is 114 cm³/mol. The third kappa shape index (κ3) is 3.76. The number of allylic oxidation sites excluding steroid dienone is 1. The third-order valence-corrected chi connectivity index (χ3v) is 4.81. The lowest BCUT2D eigenvalue weighted by Crippen LogP contribution is -2.11. The molecule has 0 amide bonds. The summed E-state index contributed by atoms with van der Waals surface area (Å²) in [7, 11) is 0. The summed E-state index contributed by atoms with van der Waals surface area (Å²) in [6, 6.07) is 16.4. The van der Waals surface area contributed by atoms with Gasteiger partial charge in [-0.2, -0.15) is 5.26 Å². The van der Waals surface area contributed by atoms with Gasteiger partial charge in [0, 0.05) is 28.2 Å². The van der Waals surface area contributed by atoms with Crippen molar-refractivity contribution in [3.8, 4) is 17.4 Å². The Morgan fingerprint density at radius 3 is 2.67 bits per heavy atom. The number of nitriles is 1. The van der Waals surface area contributed by atoms with Crippen LogP contribution in [0.1, 0.15) is 11.6 Å². The van der Waals surface area contributed by atoms with E-state index < -0.39 is 4.92 Å². The second-order valence-electron chi connectivity index (χ2n) is 6.25. The van der Waals surface area contributed by atoms with Gasteiger partial charge in [-0.3, -0.25) is 14.9 Å². The van der Waals surface area contributed by atoms with E-state index in [-0.39, 0.29) is 22.6 Å². The first-order chi connectivity index (χ1) is 14.4. The van der Waals surface area contributed by atoms with Gasteiger partial charge in [0.25, 0.3) is 11.2 Å². The number of nitrogens with zero attached hydrogens (tertiary/aromatic N) is 3. The molecular weight excluding hydrogens is 452 g/mol. The van der Waals surface area contributed by atoms with Gasteiger partial charge in [-0.1, -0.05) is 15.9 Å². The second-order valence-corrected chi connectivity index (χ2v) is 7.17. The summed E-state index contributed by atoms with van der Waals surface area (Å²) in [5, 5.41) is 20.7. The molecule has 0 unspecified atom stereocenters. The molecule has 0 aliphatic carbocycles. The Morgan fingerprint density at radius 1 is 1.20 bits per heavy atom. The zero-order valence-corrected chi connectivity index (χ0v) is 16.7. The first-order valence-electron chi connectivity index (χ1n) is 8.61. The number of non-ortho nitro benzene ring substituents is 1. The number of H-pyrrole nitrogens is 1. The summed E-state index contributed by atoms with van der Waals surface area (Å²) in [5.74, 6) is 0.988. The van der Waals surface area contributed by atoms with Crippen LogP contribution in [0.25, 0.3) is 33.9 Å². The van der Waals surface area contributed by atoms with Gasteiger partial charge in [-0.05, 0) is 42.5 Å². The maximum Gasteiger partial charge on any atom is 0.269 e. The molecule has 0 fully saturated rings. The summed E-state index contributed by atoms with van der Waals surface area (Å²) in [5.41, 5.74) is 0.867. The van der Waals surface area contributed by atoms with Crippen LogP contribution in [0.15, 0.2) is 68.3 Å². The molecule has 0 spiro atoms. The number of hydrogen-bond donors (Lipinski definition) is 1. The number of benzene rings is 2. The number of hydrogen-bond acceptors (Lipinski definition) is 6. The Kier molecular flexibility index (Phi) is 5.00. The molecular formula is C21H11BrN4O4. The van der Waals surface area contributed by atoms with Gasteiger partial charge < -0.3 is 9.40 Å². The van der Waals surface area contributed by atoms with E-state index in [1.807, 2.05) is 6.07 Å². The molecule has 4 aromatic rings. The highest BCUT2D eigenvalue weighted by atomic mass is 79.9. The van der Waals surface area contributed by atoms with Crippen LogP contribution in [0.5, 0.6) is 0 Å². The molecule has 0 aliphatic heterocycles. The van der Waals surface area contributed by atoms with E-state index in [1.54, 1.807) is 42.5 Å². The van der Waals surface area contributed by atoms with Crippen molar-refractivity contribution in [2.75, 3.05) is 0 Å². The minimum atomic E-state index is -0.477. The van der Waals surface area contributed by atoms with Crippen LogP contribution in [0, 0.1) is 21.4 Å². The molecule has 2 aromatic carbocycles. The van der Waals surface area contributed by atoms with E-state index >= 15 is 0 Å². The van der Waals surface area contributed by atoms with Crippen LogP contribution >= 0.6 is 15.9 Å². The van der Waals surface area contributed by atoms with E-state index in [2.05, 4.69) is 25.9 Å². The summed E-state index contributed by atoms with van der Waals surface area (Å²) in [4.78, 5) is 29.6. The van der Waals surface area contributed by atoms with Crippen molar-refractivity contribution in [2.45, 2.75) is 0 Å². The highest BCUT2D eigenvalue weighted by molar-refractivity contribution is 9.10. The first kappa shape index (κ1) is 19.3. The first-order valence-corrected chi connectivity index (χ1v) is 9.40. The third-order valence-electron chi connectivity index (χ3n) is 4.32. The van der Waals surface area contributed by atoms with Gasteiger partial charge in [0.15, 0.2) is 5.82 Å². The van der Waals surface area contributed by atoms with Crippen molar-refractivity contribution in [1.82, 2.24) is 9.97 Å². The number of aromatic amines is 1. The molecule has 30 heavy (non-hydrogen) atoms. The van der Waals surface area contributed by atoms with Gasteiger partial charge in [0.05, 0.1) is 21.4 Å². The topological polar surface area (TPSA) is 126 Å². The lowest BCUT2D eigenvalue weighted by molar-refractivity contribution is -0.384. The Labute approximate surface area is 177 Å². The average molecular weight is 463 g/mol. The Balaban J connectivity index is 1.69. The molecule has 0 bridgehead atoms. The molecule has 0 aliphatic rings. The number of rotatable bonds is 4. The summed E-state index contributed by atoms with van der Waals surface area (Å²) >= 11 is 3.31. The quantitative estimate of drug-likeness (QED) is 0.260. The maximum absolute atomic E-state index is 12.4. The molecule has 146 valence electrons. The van der Waals surface area contributed by atoms with Gasteiger partial charge in [-0.25, -0.2) is 4.98 Å². The van der Waals surface area contributed by atoms with Crippen molar-refractivity contribution in [2.24, 2.45) is 0 Å². The fraction of sp³-hybridized carbons (Fsp3) is 0. The van der Waals surface area contributed by atoms with Crippen LogP contribution in [-0.4, -0.2) is 14.9 Å². The highest BCUT2D eigenvalue weighted by Crippen LogP contribution is 2.26. The van der Waals surface area contributed by atoms with E-state index in [9.17, 15) is 20.2 Å². The normalized spacial score (nSPS) is 11.4. The number of nitro benzene ring substituents is 1. The smallest absolute Gasteiger partial charge is 0.269 e. The largest absolute Gasteiger partial charge is 0.457 e. The maximum atomic E-state index is 12.4. The number of furan rings is 1. The highest BCUT2D eigenvalue weighted by Gasteiger charge is 2.11. The fourth-order valence-corrected chi connectivity index (χ4v) is 3.23. The number of nitro groups is 1. The second kappa shape index (κ2) is 7.77. The van der Waals surface area contributed by atoms with Crippen LogP contribution in [-0.2, 0) is 0 Å². The summed E-state index contributed by atoms with van der Waals surface area (Å²) < 4.78 is 6.48. The lowest BCUT2D eigenvalue weighted by atomic mass is 10.1. The minimum absolute atomic E-state index is 0.0180. The molecule has 8 nitrogen and oxygen atoms in total. The Morgan fingerprint density at radius 2 is 1.97 bits per heavy atom. The van der Waals surface area contributed by atoms with Gasteiger partial charge >= 0.3 is 0 Å². The van der Waals surface area contributed by atoms with Crippen molar-refractivity contribution in [1.29, 1.82) is 5.26 Å². The predicted octanol–water partition coefficient (Wildman–Crippen LogP) is 4.92. The van der Waals surface area contributed by atoms with Crippen molar-refractivity contribution >= 4 is 44.2 Å². The molecule has 0 atom stereocenters. The molecule has 0 saturated heterocycles. The Hall–Kier alpha value is -4.03. The lowest BCUT2D eigenvalue weighted by Gasteiger charge is -2.02. The number of nitrogens with one attached hydrogen (secondary N) is 1. The number of aromatic nitrogens is 2. The van der Waals surface area contributed by atoms with Crippen molar-refractivity contribution < 1.29 is 9.34 Å². The van der Waals surface area contributed by atoms with Crippen LogP contribution < -0.4 is 5.56 Å². The molecule has 2 aromatic heterocycles. The average Bonchev–Trinajstić information content (AvgIpc) is 3.21. The monoisotopic (exact) mass is 462 g/mol. The Bertz CT molecular complexity index is 1410. The van der Waals surface area contributed by atoms with Crippen LogP contribution in [0.3, 0.4) is 0 Å². The summed E-state index contributed by atoms with van der Waals surface area (Å²) in [6.45, 7) is 0. The molecule has 2 heterocycles. The minimum Gasteiger partial charge on any atom is -0.457 e. The van der Waals surface area contributed by atoms with Gasteiger partial charge in [-0.15, -0.1) is 0 Å². The summed E-state index contributed by atoms with van der Waals surface area (Å²) in [6.07, 6.45) is 1.47. The van der Waals surface area contributed by atoms with E-state index in [0.717, 1.165) is 4.47 Å². The number of halogens is 1. The zero-order valence-electron chi connectivity index (χ0n) is 15.1. The fourth-order valence-electron chi connectivity index (χ4n) is 2.87. The molecule has 0 saturated carbocycles. The molecule has 0 radical (unpaired) electrons. The molecule has 9 heteroatoms. The standard InChI is InChI=1S/C21H11BrN4O4/c22-14-3-7-18-17(10-14)21(27)25-20(24-18)13(11-23)9-16-6-8-19(30-16)12-1-4-15(5-2-12)26(28)29/h1-10H,(H,24,25,27). The van der Waals surface area contributed by atoms with E-state index in [1.165, 1.54) is 18.2 Å². The molecule has 4 rings (SSSR count). The van der Waals surface area contributed by atoms with E-state index in [4.69, 9.17) is 4.42 Å². The van der Waals surface area contributed by atoms with Gasteiger partial charge in [0.2, 0.25) is 0 Å². The van der Waals surface area contributed by atoms with Crippen molar-refractivity contribution in [3.05, 3.63) is 91.1 Å². The number of fused-ring (bicyclic) bond motifs is 1. The van der Waals surface area contributed by atoms with Crippen LogP contribution in [0.2, 0.25) is 0 Å². The van der Waals surface area contributed by atoms with Gasteiger partial charge in [0.1, 0.15) is 17.6 Å². The van der Waals surface area contributed by atoms with Crippen LogP contribution in [0.4, 0.5) is 5.69 Å². The van der Waals surface area contributed by atoms with E-state index in [0.29, 0.717) is 28.0 Å². The SMILES string of the molecule is N#CC(=Cc1ccc(-c2ccc([N+](=O)[O-])cc2)o1)c1nc2ccc(Br)cc2c(=O)[nH]1.